The number of hydrogen-bond donors (Lipinski definition) is 1. The summed E-state index contributed by atoms with van der Waals surface area (Å²) in [4.78, 5) is 23.4. The van der Waals surface area contributed by atoms with E-state index in [1.54, 1.807) is 4.90 Å². The molecule has 1 saturated heterocycles. The number of carbonyl (C=O) groups excluding carboxylic acids is 2. The third kappa shape index (κ3) is 2.01. The second kappa shape index (κ2) is 3.48. The van der Waals surface area contributed by atoms with E-state index in [0.29, 0.717) is 25.9 Å². The number of Topliss-reactive ketones (excluding diaryl/α,β-unsaturated/α-hetero) is 1. The second-order valence-electron chi connectivity index (χ2n) is 2.62. The third-order valence-electron chi connectivity index (χ3n) is 1.85. The maximum Gasteiger partial charge on any atom is 0.236 e. The predicted octanol–water partition coefficient (Wildman–Crippen LogP) is -0.863. The van der Waals surface area contributed by atoms with Crippen LogP contribution in [0.4, 0.5) is 0 Å². The highest BCUT2D eigenvalue weighted by Crippen LogP contribution is 2.04. The van der Waals surface area contributed by atoms with Crippen molar-refractivity contribution in [1.82, 2.24) is 4.90 Å². The first-order valence-electron chi connectivity index (χ1n) is 3.73. The standard InChI is InChI=1S/C7H12N2O2/c8-5-7(11)9-3-1-6(10)2-4-9/h1-5,8H2. The summed E-state index contributed by atoms with van der Waals surface area (Å²) in [5, 5.41) is 0. The van der Waals surface area contributed by atoms with Gasteiger partial charge >= 0.3 is 0 Å². The van der Waals surface area contributed by atoms with Crippen molar-refractivity contribution >= 4 is 11.7 Å². The molecular formula is C7H12N2O2. The summed E-state index contributed by atoms with van der Waals surface area (Å²) in [6.07, 6.45) is 0.984. The molecule has 4 nitrogen and oxygen atoms in total. The molecule has 4 heteroatoms. The van der Waals surface area contributed by atoms with Gasteiger partial charge in [-0.15, -0.1) is 0 Å². The Morgan fingerprint density at radius 2 is 2.00 bits per heavy atom. The summed E-state index contributed by atoms with van der Waals surface area (Å²) in [5.74, 6) is 0.184. The van der Waals surface area contributed by atoms with E-state index in [1.165, 1.54) is 0 Å². The third-order valence-corrected chi connectivity index (χ3v) is 1.85. The predicted molar refractivity (Wildman–Crippen MR) is 39.9 cm³/mol. The highest BCUT2D eigenvalue weighted by atomic mass is 16.2. The maximum atomic E-state index is 11.0. The SMILES string of the molecule is NCC(=O)N1CCC(=O)CC1. The van der Waals surface area contributed by atoms with Crippen molar-refractivity contribution in [2.24, 2.45) is 5.73 Å². The van der Waals surface area contributed by atoms with Crippen LogP contribution in [-0.2, 0) is 9.59 Å². The zero-order chi connectivity index (χ0) is 8.27. The van der Waals surface area contributed by atoms with E-state index in [9.17, 15) is 9.59 Å². The van der Waals surface area contributed by atoms with Gasteiger partial charge in [0, 0.05) is 25.9 Å². The maximum absolute atomic E-state index is 11.0. The molecule has 0 spiro atoms. The summed E-state index contributed by atoms with van der Waals surface area (Å²) >= 11 is 0. The first kappa shape index (κ1) is 8.20. The molecule has 11 heavy (non-hydrogen) atoms. The number of nitrogens with two attached hydrogens (primary N) is 1. The number of amides is 1. The van der Waals surface area contributed by atoms with Gasteiger partial charge in [-0.3, -0.25) is 9.59 Å². The Labute approximate surface area is 65.3 Å². The first-order valence-corrected chi connectivity index (χ1v) is 3.73. The van der Waals surface area contributed by atoms with Crippen LogP contribution in [0.2, 0.25) is 0 Å². The quantitative estimate of drug-likeness (QED) is 0.537. The van der Waals surface area contributed by atoms with Crippen molar-refractivity contribution in [1.29, 1.82) is 0 Å². The van der Waals surface area contributed by atoms with Gasteiger partial charge in [0.1, 0.15) is 5.78 Å². The fraction of sp³-hybridized carbons (Fsp3) is 0.714. The minimum atomic E-state index is -0.0579. The van der Waals surface area contributed by atoms with Crippen LogP contribution in [0.15, 0.2) is 0 Å². The highest BCUT2D eigenvalue weighted by molar-refractivity contribution is 5.84. The molecule has 1 aliphatic rings. The van der Waals surface area contributed by atoms with E-state index in [4.69, 9.17) is 5.73 Å². The van der Waals surface area contributed by atoms with Gasteiger partial charge in [0.2, 0.25) is 5.91 Å². The first-order chi connectivity index (χ1) is 5.24. The number of likely N-dealkylation sites (tertiary alicyclic amines) is 1. The van der Waals surface area contributed by atoms with Gasteiger partial charge in [-0.1, -0.05) is 0 Å². The van der Waals surface area contributed by atoms with Crippen LogP contribution in [0.1, 0.15) is 12.8 Å². The van der Waals surface area contributed by atoms with Crippen LogP contribution in [0.3, 0.4) is 0 Å². The molecule has 0 aromatic rings. The van der Waals surface area contributed by atoms with Crippen LogP contribution in [0.25, 0.3) is 0 Å². The van der Waals surface area contributed by atoms with Crippen LogP contribution >= 0.6 is 0 Å². The molecule has 1 heterocycles. The lowest BCUT2D eigenvalue weighted by Gasteiger charge is -2.25. The lowest BCUT2D eigenvalue weighted by Crippen LogP contribution is -2.41. The van der Waals surface area contributed by atoms with Gasteiger partial charge in [0.05, 0.1) is 6.54 Å². The molecule has 1 fully saturated rings. The summed E-state index contributed by atoms with van der Waals surface area (Å²) in [6.45, 7) is 1.15. The minimum absolute atomic E-state index is 0.0498. The highest BCUT2D eigenvalue weighted by Gasteiger charge is 2.18. The molecule has 0 unspecified atom stereocenters. The van der Waals surface area contributed by atoms with Crippen molar-refractivity contribution in [2.45, 2.75) is 12.8 Å². The normalized spacial score (nSPS) is 18.6. The van der Waals surface area contributed by atoms with Crippen molar-refractivity contribution in [2.75, 3.05) is 19.6 Å². The van der Waals surface area contributed by atoms with Gasteiger partial charge < -0.3 is 10.6 Å². The molecule has 0 radical (unpaired) electrons. The molecule has 0 aromatic heterocycles. The number of carbonyl (C=O) groups is 2. The molecule has 2 N–H and O–H groups in total. The van der Waals surface area contributed by atoms with Gasteiger partial charge in [0.15, 0.2) is 0 Å². The van der Waals surface area contributed by atoms with Crippen molar-refractivity contribution in [3.8, 4) is 0 Å². The largest absolute Gasteiger partial charge is 0.341 e. The van der Waals surface area contributed by atoms with Gasteiger partial charge in [-0.05, 0) is 0 Å². The number of ketones is 1. The Morgan fingerprint density at radius 1 is 1.45 bits per heavy atom. The average molecular weight is 156 g/mol. The van der Waals surface area contributed by atoms with Crippen LogP contribution < -0.4 is 5.73 Å². The Hall–Kier alpha value is -0.900. The van der Waals surface area contributed by atoms with Gasteiger partial charge in [-0.2, -0.15) is 0 Å². The van der Waals surface area contributed by atoms with Crippen LogP contribution in [0.5, 0.6) is 0 Å². The molecule has 62 valence electrons. The molecular weight excluding hydrogens is 144 g/mol. The fourth-order valence-corrected chi connectivity index (χ4v) is 1.13. The fourth-order valence-electron chi connectivity index (χ4n) is 1.13. The molecule has 0 bridgehead atoms. The summed E-state index contributed by atoms with van der Waals surface area (Å²) in [5.41, 5.74) is 5.16. The van der Waals surface area contributed by atoms with E-state index in [0.717, 1.165) is 0 Å². The minimum Gasteiger partial charge on any atom is -0.341 e. The molecule has 0 atom stereocenters. The van der Waals surface area contributed by atoms with Crippen LogP contribution in [-0.4, -0.2) is 36.2 Å². The lowest BCUT2D eigenvalue weighted by atomic mass is 10.1. The van der Waals surface area contributed by atoms with E-state index < -0.39 is 0 Å². The van der Waals surface area contributed by atoms with Crippen molar-refractivity contribution in [3.05, 3.63) is 0 Å². The average Bonchev–Trinajstić information content (AvgIpc) is 2.05. The second-order valence-corrected chi connectivity index (χ2v) is 2.62. The van der Waals surface area contributed by atoms with E-state index in [-0.39, 0.29) is 18.2 Å². The molecule has 0 saturated carbocycles. The smallest absolute Gasteiger partial charge is 0.236 e. The topological polar surface area (TPSA) is 63.4 Å². The summed E-state index contributed by atoms with van der Waals surface area (Å²) < 4.78 is 0. The zero-order valence-corrected chi connectivity index (χ0v) is 6.38. The monoisotopic (exact) mass is 156 g/mol. The Kier molecular flexibility index (Phi) is 2.59. The van der Waals surface area contributed by atoms with Gasteiger partial charge in [0.25, 0.3) is 0 Å². The molecule has 1 amide bonds. The van der Waals surface area contributed by atoms with Gasteiger partial charge in [-0.25, -0.2) is 0 Å². The van der Waals surface area contributed by atoms with E-state index >= 15 is 0 Å². The Bertz CT molecular complexity index is 169. The Morgan fingerprint density at radius 3 is 2.45 bits per heavy atom. The summed E-state index contributed by atoms with van der Waals surface area (Å²) in [6, 6.07) is 0. The Balaban J connectivity index is 2.39. The molecule has 0 aliphatic carbocycles. The summed E-state index contributed by atoms with van der Waals surface area (Å²) in [7, 11) is 0. The van der Waals surface area contributed by atoms with Crippen LogP contribution in [0, 0.1) is 0 Å². The molecule has 1 aliphatic heterocycles. The van der Waals surface area contributed by atoms with E-state index in [1.807, 2.05) is 0 Å². The molecule has 0 aromatic carbocycles. The number of rotatable bonds is 1. The number of nitrogens with zero attached hydrogens (tertiary/aromatic N) is 1. The van der Waals surface area contributed by atoms with Crippen molar-refractivity contribution < 1.29 is 9.59 Å². The lowest BCUT2D eigenvalue weighted by molar-refractivity contribution is -0.133. The number of hydrogen-bond acceptors (Lipinski definition) is 3. The number of piperidine rings is 1. The molecule has 1 rings (SSSR count). The van der Waals surface area contributed by atoms with Crippen molar-refractivity contribution in [3.63, 3.8) is 0 Å². The van der Waals surface area contributed by atoms with E-state index in [2.05, 4.69) is 0 Å². The zero-order valence-electron chi connectivity index (χ0n) is 6.38.